The van der Waals surface area contributed by atoms with E-state index in [1.165, 1.54) is 10.3 Å². The summed E-state index contributed by atoms with van der Waals surface area (Å²) in [7, 11) is 0. The molecule has 0 saturated heterocycles. The normalized spacial score (nSPS) is 11.2. The van der Waals surface area contributed by atoms with Crippen molar-refractivity contribution >= 4 is 44.2 Å². The molecule has 1 N–H and O–H groups in total. The zero-order valence-corrected chi connectivity index (χ0v) is 19.2. The minimum Gasteiger partial charge on any atom is -0.322 e. The Hall–Kier alpha value is -4.29. The van der Waals surface area contributed by atoms with Crippen molar-refractivity contribution in [2.45, 2.75) is 6.92 Å². The zero-order valence-electron chi connectivity index (χ0n) is 18.4. The van der Waals surface area contributed by atoms with E-state index in [2.05, 4.69) is 35.4 Å². The molecule has 0 aliphatic heterocycles. The summed E-state index contributed by atoms with van der Waals surface area (Å²) < 4.78 is 3.19. The number of fused-ring (bicyclic) bond motifs is 2. The Morgan fingerprint density at radius 3 is 2.53 bits per heavy atom. The largest absolute Gasteiger partial charge is 0.322 e. The Labute approximate surface area is 200 Å². The highest BCUT2D eigenvalue weighted by molar-refractivity contribution is 7.21. The number of carbonyl (C=O) groups is 1. The van der Waals surface area contributed by atoms with Gasteiger partial charge in [0.2, 0.25) is 0 Å². The molecule has 0 saturated carbocycles. The number of amides is 1. The van der Waals surface area contributed by atoms with Crippen LogP contribution in [0.1, 0.15) is 15.9 Å². The molecular formula is C28H20N4OS. The summed E-state index contributed by atoms with van der Waals surface area (Å²) in [5.41, 5.74) is 7.34. The average molecular weight is 461 g/mol. The first-order valence-electron chi connectivity index (χ1n) is 11.0. The predicted molar refractivity (Wildman–Crippen MR) is 139 cm³/mol. The predicted octanol–water partition coefficient (Wildman–Crippen LogP) is 6.86. The van der Waals surface area contributed by atoms with Gasteiger partial charge in [0, 0.05) is 22.5 Å². The maximum Gasteiger partial charge on any atom is 0.255 e. The number of para-hydroxylation sites is 1. The van der Waals surface area contributed by atoms with Gasteiger partial charge in [-0.25, -0.2) is 9.97 Å². The molecule has 0 bridgehead atoms. The first kappa shape index (κ1) is 20.3. The molecule has 4 aromatic carbocycles. The first-order chi connectivity index (χ1) is 16.6. The molecule has 2 heterocycles. The van der Waals surface area contributed by atoms with Gasteiger partial charge >= 0.3 is 0 Å². The van der Waals surface area contributed by atoms with Crippen LogP contribution in [0, 0.1) is 6.92 Å². The van der Waals surface area contributed by atoms with Crippen LogP contribution in [0.2, 0.25) is 0 Å². The minimum absolute atomic E-state index is 0.167. The summed E-state index contributed by atoms with van der Waals surface area (Å²) >= 11 is 1.68. The molecule has 164 valence electrons. The summed E-state index contributed by atoms with van der Waals surface area (Å²) in [6, 6.07) is 29.7. The lowest BCUT2D eigenvalue weighted by Gasteiger charge is -2.07. The lowest BCUT2D eigenvalue weighted by molar-refractivity contribution is 0.102. The van der Waals surface area contributed by atoms with E-state index in [0.29, 0.717) is 5.56 Å². The molecule has 0 radical (unpaired) electrons. The van der Waals surface area contributed by atoms with Gasteiger partial charge in [-0.3, -0.25) is 9.36 Å². The number of benzene rings is 4. The monoisotopic (exact) mass is 460 g/mol. The minimum atomic E-state index is -0.167. The van der Waals surface area contributed by atoms with E-state index in [9.17, 15) is 4.79 Å². The number of carbonyl (C=O) groups excluding carboxylic acids is 1. The van der Waals surface area contributed by atoms with E-state index < -0.39 is 0 Å². The molecular weight excluding hydrogens is 440 g/mol. The van der Waals surface area contributed by atoms with Gasteiger partial charge in [0.1, 0.15) is 11.3 Å². The highest BCUT2D eigenvalue weighted by atomic mass is 32.1. The molecule has 1 amide bonds. The number of hydrogen-bond acceptors (Lipinski definition) is 4. The number of thiazole rings is 1. The van der Waals surface area contributed by atoms with Crippen LogP contribution in [0.15, 0.2) is 97.3 Å². The number of aromatic nitrogens is 3. The number of anilines is 1. The van der Waals surface area contributed by atoms with Crippen LogP contribution in [0.25, 0.3) is 37.5 Å². The Morgan fingerprint density at radius 1 is 0.882 bits per heavy atom. The summed E-state index contributed by atoms with van der Waals surface area (Å²) in [6.07, 6.45) is 1.78. The molecule has 0 spiro atoms. The Bertz CT molecular complexity index is 1650. The fourth-order valence-electron chi connectivity index (χ4n) is 4.00. The second kappa shape index (κ2) is 8.24. The summed E-state index contributed by atoms with van der Waals surface area (Å²) in [5, 5.41) is 3.95. The highest BCUT2D eigenvalue weighted by Gasteiger charge is 2.12. The van der Waals surface area contributed by atoms with Crippen molar-refractivity contribution < 1.29 is 4.79 Å². The summed E-state index contributed by atoms with van der Waals surface area (Å²) in [4.78, 5) is 22.1. The zero-order chi connectivity index (χ0) is 23.1. The van der Waals surface area contributed by atoms with Gasteiger partial charge in [-0.2, -0.15) is 0 Å². The molecule has 0 unspecified atom stereocenters. The van der Waals surface area contributed by atoms with Crippen LogP contribution in [-0.2, 0) is 0 Å². The molecule has 2 aromatic heterocycles. The molecule has 6 heteroatoms. The molecule has 0 aliphatic rings. The highest BCUT2D eigenvalue weighted by Crippen LogP contribution is 2.31. The van der Waals surface area contributed by atoms with Gasteiger partial charge in [-0.15, -0.1) is 11.3 Å². The van der Waals surface area contributed by atoms with E-state index in [-0.39, 0.29) is 5.91 Å². The fourth-order valence-corrected chi connectivity index (χ4v) is 5.07. The van der Waals surface area contributed by atoms with E-state index in [0.717, 1.165) is 38.5 Å². The van der Waals surface area contributed by atoms with E-state index in [1.54, 1.807) is 17.7 Å². The van der Waals surface area contributed by atoms with Crippen molar-refractivity contribution in [1.82, 2.24) is 14.5 Å². The van der Waals surface area contributed by atoms with Crippen molar-refractivity contribution in [2.75, 3.05) is 5.32 Å². The van der Waals surface area contributed by atoms with Crippen LogP contribution >= 0.6 is 11.3 Å². The van der Waals surface area contributed by atoms with Gasteiger partial charge in [-0.1, -0.05) is 24.3 Å². The second-order valence-electron chi connectivity index (χ2n) is 8.18. The quantitative estimate of drug-likeness (QED) is 0.312. The number of aryl methyl sites for hydroxylation is 1. The van der Waals surface area contributed by atoms with Crippen LogP contribution in [0.4, 0.5) is 5.69 Å². The van der Waals surface area contributed by atoms with Crippen LogP contribution in [0.3, 0.4) is 0 Å². The van der Waals surface area contributed by atoms with Gasteiger partial charge < -0.3 is 5.32 Å². The Balaban J connectivity index is 1.21. The average Bonchev–Trinajstić information content (AvgIpc) is 3.48. The third-order valence-corrected chi connectivity index (χ3v) is 6.84. The maximum atomic E-state index is 12.9. The van der Waals surface area contributed by atoms with Crippen molar-refractivity contribution in [3.05, 3.63) is 108 Å². The van der Waals surface area contributed by atoms with Gasteiger partial charge in [-0.05, 0) is 79.2 Å². The molecule has 5 nitrogen and oxygen atoms in total. The second-order valence-corrected chi connectivity index (χ2v) is 9.21. The van der Waals surface area contributed by atoms with Crippen LogP contribution in [0.5, 0.6) is 0 Å². The summed E-state index contributed by atoms with van der Waals surface area (Å²) in [6.45, 7) is 2.09. The molecule has 0 atom stereocenters. The third kappa shape index (κ3) is 3.74. The van der Waals surface area contributed by atoms with Gasteiger partial charge in [0.15, 0.2) is 0 Å². The van der Waals surface area contributed by atoms with Crippen molar-refractivity contribution in [3.63, 3.8) is 0 Å². The van der Waals surface area contributed by atoms with Gasteiger partial charge in [0.25, 0.3) is 5.91 Å². The van der Waals surface area contributed by atoms with Crippen molar-refractivity contribution in [3.8, 4) is 16.3 Å². The number of hydrogen-bond donors (Lipinski definition) is 1. The SMILES string of the molecule is Cc1ccc2nc(-c3ccc(NC(=O)c4ccc5c(c4)ncn5-c4ccccc4)cc3)sc2c1. The van der Waals surface area contributed by atoms with Crippen LogP contribution in [-0.4, -0.2) is 20.4 Å². The smallest absolute Gasteiger partial charge is 0.255 e. The topological polar surface area (TPSA) is 59.8 Å². The molecule has 34 heavy (non-hydrogen) atoms. The van der Waals surface area contributed by atoms with Gasteiger partial charge in [0.05, 0.1) is 21.3 Å². The van der Waals surface area contributed by atoms with E-state index in [1.807, 2.05) is 77.4 Å². The Morgan fingerprint density at radius 2 is 1.71 bits per heavy atom. The molecule has 6 aromatic rings. The van der Waals surface area contributed by atoms with E-state index in [4.69, 9.17) is 4.98 Å². The third-order valence-electron chi connectivity index (χ3n) is 5.78. The first-order valence-corrected chi connectivity index (χ1v) is 11.8. The number of rotatable bonds is 4. The fraction of sp³-hybridized carbons (Fsp3) is 0.0357. The van der Waals surface area contributed by atoms with Crippen molar-refractivity contribution in [2.24, 2.45) is 0 Å². The number of nitrogens with one attached hydrogen (secondary N) is 1. The molecule has 6 rings (SSSR count). The lowest BCUT2D eigenvalue weighted by atomic mass is 10.1. The van der Waals surface area contributed by atoms with Crippen molar-refractivity contribution in [1.29, 1.82) is 0 Å². The molecule has 0 fully saturated rings. The lowest BCUT2D eigenvalue weighted by Crippen LogP contribution is -2.11. The van der Waals surface area contributed by atoms with Crippen LogP contribution < -0.4 is 5.32 Å². The Kier molecular flexibility index (Phi) is 4.93. The number of nitrogens with zero attached hydrogens (tertiary/aromatic N) is 3. The molecule has 0 aliphatic carbocycles. The number of imidazole rings is 1. The standard InChI is InChI=1S/C28H20N4OS/c1-18-7-13-23-26(15-18)34-28(31-23)19-8-11-21(12-9-19)30-27(33)20-10-14-25-24(16-20)29-17-32(25)22-5-3-2-4-6-22/h2-17H,1H3,(H,30,33). The summed E-state index contributed by atoms with van der Waals surface area (Å²) in [5.74, 6) is -0.167. The van der Waals surface area contributed by atoms with E-state index >= 15 is 0 Å². The maximum absolute atomic E-state index is 12.9.